The van der Waals surface area contributed by atoms with Crippen molar-refractivity contribution >= 4 is 23.0 Å². The molecule has 8 heteroatoms. The lowest BCUT2D eigenvalue weighted by Crippen LogP contribution is -2.41. The van der Waals surface area contributed by atoms with Gasteiger partial charge in [0.1, 0.15) is 11.4 Å². The molecular formula is C29H37N3O5. The Kier molecular flexibility index (Phi) is 7.62. The predicted octanol–water partition coefficient (Wildman–Crippen LogP) is 5.19. The van der Waals surface area contributed by atoms with Gasteiger partial charge in [-0.15, -0.1) is 0 Å². The largest absolute Gasteiger partial charge is 0.496 e. The van der Waals surface area contributed by atoms with E-state index in [4.69, 9.17) is 19.9 Å². The Hall–Kier alpha value is -3.36. The minimum atomic E-state index is -0.597. The van der Waals surface area contributed by atoms with Gasteiger partial charge in [0.15, 0.2) is 0 Å². The summed E-state index contributed by atoms with van der Waals surface area (Å²) in [5.74, 6) is 0.423. The number of carbonyl (C=O) groups excluding carboxylic acids is 2. The summed E-state index contributed by atoms with van der Waals surface area (Å²) in [6.07, 6.45) is 3.04. The topological polar surface area (TPSA) is 96.0 Å². The number of methoxy groups -OCH3 is 2. The maximum Gasteiger partial charge on any atom is 0.419 e. The molecule has 1 aliphatic heterocycles. The lowest BCUT2D eigenvalue weighted by molar-refractivity contribution is 0.0542. The fourth-order valence-corrected chi connectivity index (χ4v) is 5.11. The van der Waals surface area contributed by atoms with E-state index in [1.807, 2.05) is 52.0 Å². The van der Waals surface area contributed by atoms with E-state index in [0.29, 0.717) is 12.1 Å². The van der Waals surface area contributed by atoms with Gasteiger partial charge in [-0.3, -0.25) is 9.47 Å². The summed E-state index contributed by atoms with van der Waals surface area (Å²) < 4.78 is 17.9. The summed E-state index contributed by atoms with van der Waals surface area (Å²) in [5.41, 5.74) is 10.2. The third-order valence-electron chi connectivity index (χ3n) is 6.87. The first-order valence-corrected chi connectivity index (χ1v) is 12.6. The zero-order valence-corrected chi connectivity index (χ0v) is 22.5. The van der Waals surface area contributed by atoms with Crippen LogP contribution >= 0.6 is 0 Å². The molecule has 0 aliphatic carbocycles. The standard InChI is InChI=1S/C29H37N3O5/c1-18-15-25(35-5)23(22-12-14-32(26(18)22)28(34)37-29(2,3)4)17-31-13-11-21(30)16-24(31)19-7-9-20(10-8-19)27(33)36-6/h7-10,12,14-15,21,24H,11,13,16-17,30H2,1-6H3/t21-,24-/m0/s1. The molecule has 3 aromatic rings. The Morgan fingerprint density at radius 1 is 1.11 bits per heavy atom. The van der Waals surface area contributed by atoms with Crippen molar-refractivity contribution in [2.45, 2.75) is 64.8 Å². The number of carbonyl (C=O) groups is 2. The molecule has 0 spiro atoms. The summed E-state index contributed by atoms with van der Waals surface area (Å²) in [7, 11) is 3.05. The van der Waals surface area contributed by atoms with Gasteiger partial charge in [0.25, 0.3) is 0 Å². The Labute approximate surface area is 218 Å². The number of hydrogen-bond donors (Lipinski definition) is 1. The number of nitrogens with zero attached hydrogens (tertiary/aromatic N) is 2. The average molecular weight is 508 g/mol. The average Bonchev–Trinajstić information content (AvgIpc) is 3.31. The molecule has 2 aromatic carbocycles. The molecule has 2 heterocycles. The highest BCUT2D eigenvalue weighted by Crippen LogP contribution is 2.38. The number of rotatable bonds is 5. The number of hydrogen-bond acceptors (Lipinski definition) is 7. The van der Waals surface area contributed by atoms with Crippen molar-refractivity contribution in [1.29, 1.82) is 0 Å². The van der Waals surface area contributed by atoms with Crippen molar-refractivity contribution in [3.05, 3.63) is 64.8 Å². The van der Waals surface area contributed by atoms with Crippen LogP contribution in [0.1, 0.15) is 66.7 Å². The number of piperidine rings is 1. The molecule has 0 unspecified atom stereocenters. The van der Waals surface area contributed by atoms with Crippen LogP contribution in [-0.4, -0.2) is 53.9 Å². The number of fused-ring (bicyclic) bond motifs is 1. The lowest BCUT2D eigenvalue weighted by atomic mass is 9.91. The van der Waals surface area contributed by atoms with Gasteiger partial charge in [0, 0.05) is 42.3 Å². The number of aryl methyl sites for hydroxylation is 1. The maximum atomic E-state index is 13.0. The van der Waals surface area contributed by atoms with Gasteiger partial charge in [0.2, 0.25) is 0 Å². The van der Waals surface area contributed by atoms with Crippen LogP contribution in [-0.2, 0) is 16.0 Å². The summed E-state index contributed by atoms with van der Waals surface area (Å²) in [5, 5.41) is 0.956. The minimum absolute atomic E-state index is 0.0736. The van der Waals surface area contributed by atoms with Gasteiger partial charge in [-0.05, 0) is 75.9 Å². The van der Waals surface area contributed by atoms with Gasteiger partial charge in [-0.1, -0.05) is 12.1 Å². The monoisotopic (exact) mass is 507 g/mol. The normalized spacial score (nSPS) is 18.6. The Balaban J connectivity index is 1.72. The van der Waals surface area contributed by atoms with Crippen molar-refractivity contribution in [3.8, 4) is 5.75 Å². The predicted molar refractivity (Wildman–Crippen MR) is 143 cm³/mol. The van der Waals surface area contributed by atoms with Crippen LogP contribution in [0.25, 0.3) is 10.9 Å². The Morgan fingerprint density at radius 3 is 2.43 bits per heavy atom. The lowest BCUT2D eigenvalue weighted by Gasteiger charge is -2.39. The van der Waals surface area contributed by atoms with Crippen LogP contribution in [0.4, 0.5) is 4.79 Å². The Morgan fingerprint density at radius 2 is 1.81 bits per heavy atom. The number of nitrogens with two attached hydrogens (primary N) is 1. The molecule has 2 atom stereocenters. The first kappa shape index (κ1) is 26.7. The van der Waals surface area contributed by atoms with Crippen molar-refractivity contribution in [1.82, 2.24) is 9.47 Å². The molecule has 1 saturated heterocycles. The number of ether oxygens (including phenoxy) is 3. The number of esters is 1. The fraction of sp³-hybridized carbons (Fsp3) is 0.448. The van der Waals surface area contributed by atoms with E-state index in [0.717, 1.165) is 52.7 Å². The van der Waals surface area contributed by atoms with Crippen LogP contribution < -0.4 is 10.5 Å². The second-order valence-corrected chi connectivity index (χ2v) is 10.7. The fourth-order valence-electron chi connectivity index (χ4n) is 5.11. The second kappa shape index (κ2) is 10.6. The van der Waals surface area contributed by atoms with Crippen LogP contribution in [0.3, 0.4) is 0 Å². The molecule has 198 valence electrons. The summed E-state index contributed by atoms with van der Waals surface area (Å²) in [6.45, 7) is 8.98. The van der Waals surface area contributed by atoms with Gasteiger partial charge in [-0.25, -0.2) is 9.59 Å². The quantitative estimate of drug-likeness (QED) is 0.475. The number of aromatic nitrogens is 1. The summed E-state index contributed by atoms with van der Waals surface area (Å²) >= 11 is 0. The van der Waals surface area contributed by atoms with Crippen LogP contribution in [0.15, 0.2) is 42.6 Å². The highest BCUT2D eigenvalue weighted by molar-refractivity contribution is 5.95. The van der Waals surface area contributed by atoms with Crippen LogP contribution in [0.5, 0.6) is 5.75 Å². The SMILES string of the molecule is COC(=O)c1ccc([C@@H]2C[C@@H](N)CCN2Cc2c(OC)cc(C)c3c2ccn3C(=O)OC(C)(C)C)cc1. The zero-order valence-electron chi connectivity index (χ0n) is 22.5. The van der Waals surface area contributed by atoms with Gasteiger partial charge < -0.3 is 19.9 Å². The van der Waals surface area contributed by atoms with Crippen molar-refractivity contribution in [2.24, 2.45) is 5.73 Å². The highest BCUT2D eigenvalue weighted by atomic mass is 16.6. The van der Waals surface area contributed by atoms with E-state index >= 15 is 0 Å². The summed E-state index contributed by atoms with van der Waals surface area (Å²) in [6, 6.07) is 11.6. The molecule has 0 radical (unpaired) electrons. The number of likely N-dealkylation sites (tertiary alicyclic amines) is 1. The van der Waals surface area contributed by atoms with E-state index in [2.05, 4.69) is 4.90 Å². The third kappa shape index (κ3) is 5.65. The highest BCUT2D eigenvalue weighted by Gasteiger charge is 2.30. The molecule has 1 aliphatic rings. The first-order valence-electron chi connectivity index (χ1n) is 12.6. The molecular weight excluding hydrogens is 470 g/mol. The molecule has 2 N–H and O–H groups in total. The summed E-state index contributed by atoms with van der Waals surface area (Å²) in [4.78, 5) is 27.3. The van der Waals surface area contributed by atoms with Crippen LogP contribution in [0.2, 0.25) is 0 Å². The van der Waals surface area contributed by atoms with E-state index in [-0.39, 0.29) is 18.1 Å². The smallest absolute Gasteiger partial charge is 0.419 e. The molecule has 0 bridgehead atoms. The first-order chi connectivity index (χ1) is 17.5. The molecule has 8 nitrogen and oxygen atoms in total. The Bertz CT molecular complexity index is 1290. The van der Waals surface area contributed by atoms with Gasteiger partial charge in [0.05, 0.1) is 25.3 Å². The van der Waals surface area contributed by atoms with E-state index in [9.17, 15) is 9.59 Å². The molecule has 1 fully saturated rings. The molecule has 4 rings (SSSR count). The molecule has 1 aromatic heterocycles. The van der Waals surface area contributed by atoms with E-state index < -0.39 is 11.7 Å². The van der Waals surface area contributed by atoms with Crippen molar-refractivity contribution in [2.75, 3.05) is 20.8 Å². The van der Waals surface area contributed by atoms with Crippen molar-refractivity contribution in [3.63, 3.8) is 0 Å². The maximum absolute atomic E-state index is 13.0. The van der Waals surface area contributed by atoms with Crippen molar-refractivity contribution < 1.29 is 23.8 Å². The van der Waals surface area contributed by atoms with Crippen LogP contribution in [0, 0.1) is 6.92 Å². The van der Waals surface area contributed by atoms with E-state index in [1.165, 1.54) is 7.11 Å². The molecule has 37 heavy (non-hydrogen) atoms. The molecule has 0 amide bonds. The molecule has 0 saturated carbocycles. The van der Waals surface area contributed by atoms with E-state index in [1.54, 1.807) is 30.0 Å². The second-order valence-electron chi connectivity index (χ2n) is 10.7. The zero-order chi connectivity index (χ0) is 26.9. The van der Waals surface area contributed by atoms with Gasteiger partial charge in [-0.2, -0.15) is 0 Å². The number of benzene rings is 2. The van der Waals surface area contributed by atoms with Gasteiger partial charge >= 0.3 is 12.1 Å². The third-order valence-corrected chi connectivity index (χ3v) is 6.87. The minimum Gasteiger partial charge on any atom is -0.496 e.